The number of hydrogen-bond donors (Lipinski definition) is 0. The predicted octanol–water partition coefficient (Wildman–Crippen LogP) is 1.47. The van der Waals surface area contributed by atoms with E-state index < -0.39 is 4.92 Å². The van der Waals surface area contributed by atoms with Crippen LogP contribution >= 0.6 is 0 Å². The molecule has 0 radical (unpaired) electrons. The lowest BCUT2D eigenvalue weighted by Gasteiger charge is -2.07. The molecule has 0 saturated carbocycles. The van der Waals surface area contributed by atoms with Crippen LogP contribution in [-0.4, -0.2) is 29.2 Å². The number of imidazole rings is 1. The van der Waals surface area contributed by atoms with E-state index in [1.165, 1.54) is 12.6 Å². The molecule has 2 aromatic rings. The highest BCUT2D eigenvalue weighted by molar-refractivity contribution is 5.17. The van der Waals surface area contributed by atoms with Gasteiger partial charge in [0, 0.05) is 19.9 Å². The van der Waals surface area contributed by atoms with Gasteiger partial charge in [-0.2, -0.15) is 0 Å². The van der Waals surface area contributed by atoms with Crippen molar-refractivity contribution in [3.63, 3.8) is 0 Å². The van der Waals surface area contributed by atoms with Gasteiger partial charge in [0.2, 0.25) is 5.82 Å². The Morgan fingerprint density at radius 1 is 1.35 bits per heavy atom. The highest BCUT2D eigenvalue weighted by Crippen LogP contribution is 2.17. The summed E-state index contributed by atoms with van der Waals surface area (Å²) in [5.74, 6) is 2.35. The number of fused-ring (bicyclic) bond motifs is 1. The van der Waals surface area contributed by atoms with Gasteiger partial charge >= 0.3 is 5.82 Å². The fourth-order valence-electron chi connectivity index (χ4n) is 2.55. The minimum Gasteiger partial charge on any atom is -0.358 e. The molecule has 0 spiro atoms. The number of rotatable bonds is 3. The Kier molecular flexibility index (Phi) is 3.21. The van der Waals surface area contributed by atoms with Crippen LogP contribution in [-0.2, 0) is 19.5 Å². The van der Waals surface area contributed by atoms with Crippen molar-refractivity contribution in [2.45, 2.75) is 45.7 Å². The second kappa shape index (κ2) is 5.03. The number of aryl methyl sites for hydroxylation is 2. The van der Waals surface area contributed by atoms with Crippen molar-refractivity contribution in [1.29, 1.82) is 0 Å². The summed E-state index contributed by atoms with van der Waals surface area (Å²) >= 11 is 0. The summed E-state index contributed by atoms with van der Waals surface area (Å²) in [5, 5.41) is 19.2. The van der Waals surface area contributed by atoms with Gasteiger partial charge in [-0.25, -0.2) is 0 Å². The monoisotopic (exact) mass is 276 g/mol. The van der Waals surface area contributed by atoms with E-state index in [0.717, 1.165) is 37.5 Å². The van der Waals surface area contributed by atoms with E-state index in [0.29, 0.717) is 12.4 Å². The molecule has 8 heteroatoms. The third-order valence-corrected chi connectivity index (χ3v) is 3.65. The maximum atomic E-state index is 10.7. The van der Waals surface area contributed by atoms with Crippen LogP contribution in [0.3, 0.4) is 0 Å². The van der Waals surface area contributed by atoms with Crippen LogP contribution in [0.4, 0.5) is 5.82 Å². The molecule has 20 heavy (non-hydrogen) atoms. The molecule has 0 N–H and O–H groups in total. The molecule has 0 bridgehead atoms. The van der Waals surface area contributed by atoms with Crippen LogP contribution in [0.1, 0.15) is 36.7 Å². The molecule has 0 aromatic carbocycles. The third kappa shape index (κ3) is 2.28. The van der Waals surface area contributed by atoms with Crippen LogP contribution < -0.4 is 0 Å². The summed E-state index contributed by atoms with van der Waals surface area (Å²) < 4.78 is 3.89. The Morgan fingerprint density at radius 3 is 2.95 bits per heavy atom. The van der Waals surface area contributed by atoms with E-state index in [1.807, 2.05) is 0 Å². The molecular formula is C12H16N6O2. The lowest BCUT2D eigenvalue weighted by atomic mass is 10.2. The van der Waals surface area contributed by atoms with Gasteiger partial charge < -0.3 is 19.2 Å². The summed E-state index contributed by atoms with van der Waals surface area (Å²) in [6.45, 7) is 3.15. The molecule has 0 amide bonds. The Hall–Kier alpha value is -2.25. The van der Waals surface area contributed by atoms with Crippen LogP contribution in [0, 0.1) is 17.0 Å². The minimum atomic E-state index is -0.478. The maximum absolute atomic E-state index is 10.7. The maximum Gasteiger partial charge on any atom is 0.381 e. The Morgan fingerprint density at radius 2 is 2.20 bits per heavy atom. The van der Waals surface area contributed by atoms with E-state index in [-0.39, 0.29) is 5.82 Å². The van der Waals surface area contributed by atoms with Crippen LogP contribution in [0.5, 0.6) is 0 Å². The van der Waals surface area contributed by atoms with Gasteiger partial charge in [-0.05, 0) is 22.7 Å². The summed E-state index contributed by atoms with van der Waals surface area (Å²) in [6.07, 6.45) is 5.89. The topological polar surface area (TPSA) is 91.7 Å². The predicted molar refractivity (Wildman–Crippen MR) is 70.3 cm³/mol. The molecule has 8 nitrogen and oxygen atoms in total. The molecule has 0 atom stereocenters. The first kappa shape index (κ1) is 12.8. The average molecular weight is 276 g/mol. The summed E-state index contributed by atoms with van der Waals surface area (Å²) in [6, 6.07) is 0. The second-order valence-corrected chi connectivity index (χ2v) is 5.03. The molecule has 1 aliphatic heterocycles. The van der Waals surface area contributed by atoms with Gasteiger partial charge in [0.25, 0.3) is 0 Å². The van der Waals surface area contributed by atoms with Crippen LogP contribution in [0.2, 0.25) is 0 Å². The Bertz CT molecular complexity index is 644. The van der Waals surface area contributed by atoms with Crippen molar-refractivity contribution in [2.75, 3.05) is 0 Å². The molecule has 0 unspecified atom stereocenters. The van der Waals surface area contributed by atoms with Crippen molar-refractivity contribution in [1.82, 2.24) is 24.3 Å². The number of hydrogen-bond acceptors (Lipinski definition) is 5. The van der Waals surface area contributed by atoms with Gasteiger partial charge in [-0.15, -0.1) is 10.2 Å². The highest BCUT2D eigenvalue weighted by Gasteiger charge is 2.19. The normalized spacial score (nSPS) is 14.8. The van der Waals surface area contributed by atoms with Crippen molar-refractivity contribution in [3.05, 3.63) is 33.8 Å². The SMILES string of the molecule is Cc1nc([N+](=O)[O-])cn1Cc1nnc2n1CCCCC2. The van der Waals surface area contributed by atoms with E-state index in [4.69, 9.17) is 0 Å². The first-order chi connectivity index (χ1) is 9.65. The zero-order valence-corrected chi connectivity index (χ0v) is 11.3. The van der Waals surface area contributed by atoms with Gasteiger partial charge in [-0.1, -0.05) is 6.42 Å². The lowest BCUT2D eigenvalue weighted by Crippen LogP contribution is -2.10. The van der Waals surface area contributed by atoms with Crippen LogP contribution in [0.15, 0.2) is 6.20 Å². The number of nitro groups is 1. The molecule has 3 rings (SSSR count). The van der Waals surface area contributed by atoms with E-state index in [2.05, 4.69) is 19.7 Å². The minimum absolute atomic E-state index is 0.127. The van der Waals surface area contributed by atoms with E-state index in [9.17, 15) is 10.1 Å². The zero-order chi connectivity index (χ0) is 14.1. The molecule has 2 aromatic heterocycles. The third-order valence-electron chi connectivity index (χ3n) is 3.65. The summed E-state index contributed by atoms with van der Waals surface area (Å²) in [5.41, 5.74) is 0. The molecule has 0 aliphatic carbocycles. The molecular weight excluding hydrogens is 260 g/mol. The van der Waals surface area contributed by atoms with E-state index in [1.54, 1.807) is 11.5 Å². The molecule has 3 heterocycles. The quantitative estimate of drug-likeness (QED) is 0.625. The fourth-order valence-corrected chi connectivity index (χ4v) is 2.55. The summed E-state index contributed by atoms with van der Waals surface area (Å²) in [7, 11) is 0. The molecule has 106 valence electrons. The average Bonchev–Trinajstić information content (AvgIpc) is 2.87. The fraction of sp³-hybridized carbons (Fsp3) is 0.583. The van der Waals surface area contributed by atoms with Crippen LogP contribution in [0.25, 0.3) is 0 Å². The van der Waals surface area contributed by atoms with E-state index >= 15 is 0 Å². The first-order valence-corrected chi connectivity index (χ1v) is 6.74. The van der Waals surface area contributed by atoms with Gasteiger partial charge in [0.1, 0.15) is 12.0 Å². The van der Waals surface area contributed by atoms with Crippen molar-refractivity contribution in [2.24, 2.45) is 0 Å². The van der Waals surface area contributed by atoms with Crippen molar-refractivity contribution >= 4 is 5.82 Å². The molecule has 1 aliphatic rings. The number of nitrogens with zero attached hydrogens (tertiary/aromatic N) is 6. The second-order valence-electron chi connectivity index (χ2n) is 5.03. The van der Waals surface area contributed by atoms with Crippen molar-refractivity contribution < 1.29 is 4.92 Å². The molecule has 0 saturated heterocycles. The largest absolute Gasteiger partial charge is 0.381 e. The van der Waals surface area contributed by atoms with Gasteiger partial charge in [0.15, 0.2) is 5.82 Å². The zero-order valence-electron chi connectivity index (χ0n) is 11.3. The Balaban J connectivity index is 1.88. The van der Waals surface area contributed by atoms with Gasteiger partial charge in [0.05, 0.1) is 6.54 Å². The standard InChI is InChI=1S/C12H16N6O2/c1-9-13-11(18(19)20)7-16(9)8-12-15-14-10-5-3-2-4-6-17(10)12/h7H,2-6,8H2,1H3. The molecule has 0 fully saturated rings. The lowest BCUT2D eigenvalue weighted by molar-refractivity contribution is -0.389. The van der Waals surface area contributed by atoms with Gasteiger partial charge in [-0.3, -0.25) is 0 Å². The summed E-state index contributed by atoms with van der Waals surface area (Å²) in [4.78, 5) is 14.2. The first-order valence-electron chi connectivity index (χ1n) is 6.74. The highest BCUT2D eigenvalue weighted by atomic mass is 16.6. The smallest absolute Gasteiger partial charge is 0.358 e. The number of aromatic nitrogens is 5. The Labute approximate surface area is 115 Å². The van der Waals surface area contributed by atoms with Crippen molar-refractivity contribution in [3.8, 4) is 0 Å².